The van der Waals surface area contributed by atoms with Crippen LogP contribution in [0.3, 0.4) is 0 Å². The number of ether oxygens (including phenoxy) is 1. The van der Waals surface area contributed by atoms with E-state index in [1.807, 2.05) is 30.3 Å². The largest absolute Gasteiger partial charge is 0.445 e. The van der Waals surface area contributed by atoms with Crippen molar-refractivity contribution in [3.05, 3.63) is 35.9 Å². The molecule has 1 saturated heterocycles. The van der Waals surface area contributed by atoms with Gasteiger partial charge in [-0.3, -0.25) is 10.2 Å². The van der Waals surface area contributed by atoms with E-state index in [9.17, 15) is 4.79 Å². The first-order chi connectivity index (χ1) is 8.77. The normalized spacial score (nSPS) is 19.3. The molecule has 1 atom stereocenters. The zero-order chi connectivity index (χ0) is 12.8. The fourth-order valence-corrected chi connectivity index (χ4v) is 2.11. The van der Waals surface area contributed by atoms with Crippen LogP contribution in [0.1, 0.15) is 24.8 Å². The lowest BCUT2D eigenvalue weighted by molar-refractivity contribution is 0.0784. The highest BCUT2D eigenvalue weighted by atomic mass is 16.6. The maximum atomic E-state index is 11.9. The molecule has 98 valence electrons. The number of amides is 1. The van der Waals surface area contributed by atoms with Crippen molar-refractivity contribution >= 4 is 6.09 Å². The Balaban J connectivity index is 1.80. The lowest BCUT2D eigenvalue weighted by Gasteiger charge is -2.31. The maximum Gasteiger partial charge on any atom is 0.411 e. The predicted octanol–water partition coefficient (Wildman–Crippen LogP) is 2.35. The maximum absolute atomic E-state index is 11.9. The van der Waals surface area contributed by atoms with E-state index in [1.165, 1.54) is 6.42 Å². The van der Waals surface area contributed by atoms with E-state index in [-0.39, 0.29) is 12.3 Å². The van der Waals surface area contributed by atoms with E-state index in [0.29, 0.717) is 6.61 Å². The summed E-state index contributed by atoms with van der Waals surface area (Å²) >= 11 is 0. The fraction of sp³-hybridized carbons (Fsp3) is 0.500. The van der Waals surface area contributed by atoms with E-state index in [2.05, 4.69) is 5.32 Å². The highest BCUT2D eigenvalue weighted by molar-refractivity contribution is 5.67. The number of nitrogens with one attached hydrogen (secondary N) is 1. The Labute approximate surface area is 108 Å². The average Bonchev–Trinajstić information content (AvgIpc) is 2.46. The van der Waals surface area contributed by atoms with Crippen molar-refractivity contribution in [3.8, 4) is 0 Å². The van der Waals surface area contributed by atoms with Crippen LogP contribution in [0.5, 0.6) is 0 Å². The predicted molar refractivity (Wildman–Crippen MR) is 70.0 cm³/mol. The average molecular weight is 248 g/mol. The SMILES string of the molecule is CN(C(=O)OCc1ccccc1)[C@@H]1CCCCN1. The van der Waals surface area contributed by atoms with E-state index >= 15 is 0 Å². The third-order valence-corrected chi connectivity index (χ3v) is 3.24. The van der Waals surface area contributed by atoms with Crippen LogP contribution in [0.25, 0.3) is 0 Å². The summed E-state index contributed by atoms with van der Waals surface area (Å²) in [4.78, 5) is 13.5. The van der Waals surface area contributed by atoms with Crippen molar-refractivity contribution in [1.82, 2.24) is 10.2 Å². The van der Waals surface area contributed by atoms with Gasteiger partial charge in [0.15, 0.2) is 0 Å². The summed E-state index contributed by atoms with van der Waals surface area (Å²) in [6.07, 6.45) is 3.19. The zero-order valence-electron chi connectivity index (χ0n) is 10.8. The Morgan fingerprint density at radius 1 is 1.39 bits per heavy atom. The number of hydrogen-bond donors (Lipinski definition) is 1. The second kappa shape index (κ2) is 6.40. The Hall–Kier alpha value is -1.55. The number of hydrogen-bond acceptors (Lipinski definition) is 3. The molecule has 18 heavy (non-hydrogen) atoms. The Morgan fingerprint density at radius 3 is 2.83 bits per heavy atom. The summed E-state index contributed by atoms with van der Waals surface area (Å²) in [5, 5.41) is 3.32. The molecule has 4 heteroatoms. The highest BCUT2D eigenvalue weighted by Crippen LogP contribution is 2.11. The van der Waals surface area contributed by atoms with Crippen molar-refractivity contribution in [2.45, 2.75) is 32.0 Å². The Bertz CT molecular complexity index is 375. The smallest absolute Gasteiger partial charge is 0.411 e. The van der Waals surface area contributed by atoms with Gasteiger partial charge >= 0.3 is 6.09 Å². The fourth-order valence-electron chi connectivity index (χ4n) is 2.11. The minimum Gasteiger partial charge on any atom is -0.445 e. The third-order valence-electron chi connectivity index (χ3n) is 3.24. The van der Waals surface area contributed by atoms with Crippen LogP contribution >= 0.6 is 0 Å². The first kappa shape index (κ1) is 12.9. The molecular formula is C14H20N2O2. The number of carbonyl (C=O) groups excluding carboxylic acids is 1. The molecule has 0 aliphatic carbocycles. The summed E-state index contributed by atoms with van der Waals surface area (Å²) in [5.41, 5.74) is 1.01. The second-order valence-electron chi connectivity index (χ2n) is 4.62. The number of nitrogens with zero attached hydrogens (tertiary/aromatic N) is 1. The summed E-state index contributed by atoms with van der Waals surface area (Å²) in [6, 6.07) is 9.73. The molecule has 0 radical (unpaired) electrons. The number of rotatable bonds is 3. The van der Waals surface area contributed by atoms with Gasteiger partial charge < -0.3 is 4.74 Å². The van der Waals surface area contributed by atoms with Crippen LogP contribution < -0.4 is 5.32 Å². The van der Waals surface area contributed by atoms with Crippen molar-refractivity contribution < 1.29 is 9.53 Å². The van der Waals surface area contributed by atoms with Crippen molar-refractivity contribution in [2.24, 2.45) is 0 Å². The van der Waals surface area contributed by atoms with Gasteiger partial charge in [-0.15, -0.1) is 0 Å². The van der Waals surface area contributed by atoms with Gasteiger partial charge in [-0.05, 0) is 31.4 Å². The molecule has 1 fully saturated rings. The standard InChI is InChI=1S/C14H20N2O2/c1-16(13-9-5-6-10-15-13)14(17)18-11-12-7-3-2-4-8-12/h2-4,7-8,13,15H,5-6,9-11H2,1H3/t13-/m1/s1. The van der Waals surface area contributed by atoms with E-state index < -0.39 is 0 Å². The number of benzene rings is 1. The minimum absolute atomic E-state index is 0.113. The third kappa shape index (κ3) is 3.47. The van der Waals surface area contributed by atoms with Gasteiger partial charge in [-0.25, -0.2) is 4.79 Å². The highest BCUT2D eigenvalue weighted by Gasteiger charge is 2.22. The molecule has 1 aromatic carbocycles. The molecule has 0 saturated carbocycles. The van der Waals surface area contributed by atoms with Gasteiger partial charge in [-0.2, -0.15) is 0 Å². The zero-order valence-corrected chi connectivity index (χ0v) is 10.8. The molecule has 0 unspecified atom stereocenters. The first-order valence-corrected chi connectivity index (χ1v) is 6.44. The lowest BCUT2D eigenvalue weighted by Crippen LogP contribution is -2.48. The van der Waals surface area contributed by atoms with Gasteiger partial charge in [0.25, 0.3) is 0 Å². The van der Waals surface area contributed by atoms with E-state index in [4.69, 9.17) is 4.74 Å². The van der Waals surface area contributed by atoms with Crippen LogP contribution in [0.2, 0.25) is 0 Å². The summed E-state index contributed by atoms with van der Waals surface area (Å²) in [7, 11) is 1.79. The molecule has 1 aliphatic rings. The first-order valence-electron chi connectivity index (χ1n) is 6.44. The summed E-state index contributed by atoms with van der Waals surface area (Å²) < 4.78 is 5.29. The number of carbonyl (C=O) groups is 1. The molecule has 0 bridgehead atoms. The molecule has 1 heterocycles. The van der Waals surface area contributed by atoms with Gasteiger partial charge in [0.05, 0.1) is 6.17 Å². The quantitative estimate of drug-likeness (QED) is 0.892. The Kier molecular flexibility index (Phi) is 4.59. The van der Waals surface area contributed by atoms with E-state index in [0.717, 1.165) is 24.9 Å². The van der Waals surface area contributed by atoms with Gasteiger partial charge in [0, 0.05) is 7.05 Å². The molecule has 4 nitrogen and oxygen atoms in total. The molecule has 1 N–H and O–H groups in total. The summed E-state index contributed by atoms with van der Waals surface area (Å²) in [5.74, 6) is 0. The van der Waals surface area contributed by atoms with Gasteiger partial charge in [0.1, 0.15) is 6.61 Å². The number of piperidine rings is 1. The van der Waals surface area contributed by atoms with Crippen LogP contribution in [0.15, 0.2) is 30.3 Å². The van der Waals surface area contributed by atoms with Gasteiger partial charge in [-0.1, -0.05) is 30.3 Å². The van der Waals surface area contributed by atoms with E-state index in [1.54, 1.807) is 11.9 Å². The topological polar surface area (TPSA) is 41.6 Å². The molecule has 1 amide bonds. The summed E-state index contributed by atoms with van der Waals surface area (Å²) in [6.45, 7) is 1.30. The molecule has 0 spiro atoms. The van der Waals surface area contributed by atoms with Crippen molar-refractivity contribution in [3.63, 3.8) is 0 Å². The van der Waals surface area contributed by atoms with Crippen LogP contribution in [-0.2, 0) is 11.3 Å². The Morgan fingerprint density at radius 2 is 2.17 bits per heavy atom. The van der Waals surface area contributed by atoms with Gasteiger partial charge in [0.2, 0.25) is 0 Å². The van der Waals surface area contributed by atoms with Crippen molar-refractivity contribution in [1.29, 1.82) is 0 Å². The van der Waals surface area contributed by atoms with Crippen LogP contribution in [0.4, 0.5) is 4.79 Å². The van der Waals surface area contributed by atoms with Crippen LogP contribution in [-0.4, -0.2) is 30.8 Å². The molecule has 0 aromatic heterocycles. The minimum atomic E-state index is -0.266. The van der Waals surface area contributed by atoms with Crippen LogP contribution in [0, 0.1) is 0 Å². The second-order valence-corrected chi connectivity index (χ2v) is 4.62. The molecule has 1 aliphatic heterocycles. The lowest BCUT2D eigenvalue weighted by atomic mass is 10.1. The molecular weight excluding hydrogens is 228 g/mol. The van der Waals surface area contributed by atoms with Crippen molar-refractivity contribution in [2.75, 3.05) is 13.6 Å². The molecule has 2 rings (SSSR count). The monoisotopic (exact) mass is 248 g/mol. The molecule has 1 aromatic rings.